The second kappa shape index (κ2) is 3.93. The first kappa shape index (κ1) is 8.01. The molecule has 0 saturated carbocycles. The Morgan fingerprint density at radius 1 is 1.73 bits per heavy atom. The summed E-state index contributed by atoms with van der Waals surface area (Å²) in [7, 11) is 0. The van der Waals surface area contributed by atoms with E-state index >= 15 is 0 Å². The van der Waals surface area contributed by atoms with E-state index in [0.717, 1.165) is 0 Å². The molecule has 11 heavy (non-hydrogen) atoms. The maximum Gasteiger partial charge on any atom is 0.185 e. The summed E-state index contributed by atoms with van der Waals surface area (Å²) in [4.78, 5) is 14.1. The first-order valence-corrected chi connectivity index (χ1v) is 3.53. The summed E-state index contributed by atoms with van der Waals surface area (Å²) in [5, 5.41) is 0. The van der Waals surface area contributed by atoms with Crippen LogP contribution in [-0.4, -0.2) is 15.8 Å². The van der Waals surface area contributed by atoms with Crippen LogP contribution in [0.5, 0.6) is 0 Å². The average Bonchev–Trinajstić information content (AvgIpc) is 2.47. The summed E-state index contributed by atoms with van der Waals surface area (Å²) in [6.07, 6.45) is 5.74. The van der Waals surface area contributed by atoms with Crippen molar-refractivity contribution in [3.8, 4) is 0 Å². The van der Waals surface area contributed by atoms with Crippen molar-refractivity contribution < 1.29 is 4.79 Å². The van der Waals surface area contributed by atoms with Crippen molar-refractivity contribution >= 4 is 17.9 Å². The van der Waals surface area contributed by atoms with E-state index in [1.54, 1.807) is 23.0 Å². The quantitative estimate of drug-likeness (QED) is 0.644. The molecule has 0 atom stereocenters. The van der Waals surface area contributed by atoms with Gasteiger partial charge in [-0.2, -0.15) is 0 Å². The molecule has 0 aliphatic carbocycles. The fourth-order valence-electron chi connectivity index (χ4n) is 0.747. The standard InChI is InChI=1S/C7H7ClN2O/c8-2-1-4-10-5-3-9-7(10)6-11/h1-3,5-6H,4H2/b2-1+. The third kappa shape index (κ3) is 1.91. The van der Waals surface area contributed by atoms with Crippen LogP contribution >= 0.6 is 11.6 Å². The highest BCUT2D eigenvalue weighted by Crippen LogP contribution is 1.94. The van der Waals surface area contributed by atoms with Gasteiger partial charge in [-0.1, -0.05) is 17.7 Å². The molecule has 1 aromatic rings. The third-order valence-corrected chi connectivity index (χ3v) is 1.42. The Kier molecular flexibility index (Phi) is 2.86. The summed E-state index contributed by atoms with van der Waals surface area (Å²) < 4.78 is 1.70. The van der Waals surface area contributed by atoms with Crippen molar-refractivity contribution in [1.82, 2.24) is 9.55 Å². The SMILES string of the molecule is O=Cc1nccn1C/C=C/Cl. The van der Waals surface area contributed by atoms with E-state index in [0.29, 0.717) is 18.7 Å². The smallest absolute Gasteiger partial charge is 0.185 e. The van der Waals surface area contributed by atoms with E-state index < -0.39 is 0 Å². The first-order chi connectivity index (χ1) is 5.38. The van der Waals surface area contributed by atoms with Crippen LogP contribution in [-0.2, 0) is 6.54 Å². The monoisotopic (exact) mass is 170 g/mol. The van der Waals surface area contributed by atoms with Crippen LogP contribution in [0.15, 0.2) is 24.0 Å². The molecule has 0 N–H and O–H groups in total. The zero-order valence-corrected chi connectivity index (χ0v) is 6.53. The fourth-order valence-corrected chi connectivity index (χ4v) is 0.826. The lowest BCUT2D eigenvalue weighted by Gasteiger charge is -1.96. The molecule has 0 unspecified atom stereocenters. The number of hydrogen-bond acceptors (Lipinski definition) is 2. The van der Waals surface area contributed by atoms with Gasteiger partial charge in [0.05, 0.1) is 0 Å². The lowest BCUT2D eigenvalue weighted by molar-refractivity contribution is 0.111. The summed E-state index contributed by atoms with van der Waals surface area (Å²) in [5.41, 5.74) is 1.41. The number of aldehydes is 1. The number of halogens is 1. The molecule has 1 rings (SSSR count). The van der Waals surface area contributed by atoms with Gasteiger partial charge in [-0.15, -0.1) is 0 Å². The van der Waals surface area contributed by atoms with Crippen LogP contribution in [0.1, 0.15) is 10.6 Å². The number of hydrogen-bond donors (Lipinski definition) is 0. The summed E-state index contributed by atoms with van der Waals surface area (Å²) in [6.45, 7) is 0.581. The van der Waals surface area contributed by atoms with Gasteiger partial charge in [-0.25, -0.2) is 4.98 Å². The molecule has 0 bridgehead atoms. The van der Waals surface area contributed by atoms with Crippen molar-refractivity contribution in [3.05, 3.63) is 29.8 Å². The van der Waals surface area contributed by atoms with Crippen LogP contribution in [0.25, 0.3) is 0 Å². The Labute approximate surface area is 69.3 Å². The minimum absolute atomic E-state index is 0.416. The van der Waals surface area contributed by atoms with Gasteiger partial charge >= 0.3 is 0 Å². The molecular weight excluding hydrogens is 164 g/mol. The van der Waals surface area contributed by atoms with Crippen LogP contribution in [0.4, 0.5) is 0 Å². The highest BCUT2D eigenvalue weighted by atomic mass is 35.5. The molecule has 3 nitrogen and oxygen atoms in total. The van der Waals surface area contributed by atoms with Gasteiger partial charge in [-0.05, 0) is 0 Å². The van der Waals surface area contributed by atoms with Crippen molar-refractivity contribution in [2.75, 3.05) is 0 Å². The molecule has 0 radical (unpaired) electrons. The normalized spacial score (nSPS) is 10.6. The second-order valence-corrected chi connectivity index (χ2v) is 2.17. The molecular formula is C7H7ClN2O. The Morgan fingerprint density at radius 2 is 2.55 bits per heavy atom. The third-order valence-electron chi connectivity index (χ3n) is 1.24. The number of carbonyl (C=O) groups is 1. The molecule has 0 aliphatic rings. The molecule has 58 valence electrons. The lowest BCUT2D eigenvalue weighted by Crippen LogP contribution is -1.99. The Bertz CT molecular complexity index is 267. The zero-order chi connectivity index (χ0) is 8.10. The maximum absolute atomic E-state index is 10.3. The predicted octanol–water partition coefficient (Wildman–Crippen LogP) is 1.45. The lowest BCUT2D eigenvalue weighted by atomic mass is 10.5. The van der Waals surface area contributed by atoms with Crippen molar-refractivity contribution in [3.63, 3.8) is 0 Å². The number of nitrogens with zero attached hydrogens (tertiary/aromatic N) is 2. The number of allylic oxidation sites excluding steroid dienone is 1. The number of aromatic nitrogens is 2. The molecule has 1 aromatic heterocycles. The fraction of sp³-hybridized carbons (Fsp3) is 0.143. The number of rotatable bonds is 3. The van der Waals surface area contributed by atoms with Crippen LogP contribution in [0.3, 0.4) is 0 Å². The number of carbonyl (C=O) groups excluding carboxylic acids is 1. The van der Waals surface area contributed by atoms with Gasteiger partial charge in [0, 0.05) is 24.5 Å². The molecule has 0 amide bonds. The first-order valence-electron chi connectivity index (χ1n) is 3.10. The van der Waals surface area contributed by atoms with Crippen molar-refractivity contribution in [2.24, 2.45) is 0 Å². The Morgan fingerprint density at radius 3 is 3.18 bits per heavy atom. The van der Waals surface area contributed by atoms with Gasteiger partial charge in [0.1, 0.15) is 0 Å². The summed E-state index contributed by atoms with van der Waals surface area (Å²) in [6, 6.07) is 0. The van der Waals surface area contributed by atoms with E-state index in [1.807, 2.05) is 0 Å². The van der Waals surface area contributed by atoms with E-state index in [4.69, 9.17) is 11.6 Å². The number of imidazole rings is 1. The largest absolute Gasteiger partial charge is 0.325 e. The van der Waals surface area contributed by atoms with Crippen molar-refractivity contribution in [1.29, 1.82) is 0 Å². The average molecular weight is 171 g/mol. The van der Waals surface area contributed by atoms with E-state index in [2.05, 4.69) is 4.98 Å². The van der Waals surface area contributed by atoms with E-state index in [-0.39, 0.29) is 0 Å². The zero-order valence-electron chi connectivity index (χ0n) is 5.77. The molecule has 4 heteroatoms. The van der Waals surface area contributed by atoms with Gasteiger partial charge in [-0.3, -0.25) is 4.79 Å². The van der Waals surface area contributed by atoms with Crippen molar-refractivity contribution in [2.45, 2.75) is 6.54 Å². The molecule has 0 aromatic carbocycles. The van der Waals surface area contributed by atoms with Gasteiger partial charge in [0.2, 0.25) is 0 Å². The maximum atomic E-state index is 10.3. The topological polar surface area (TPSA) is 34.9 Å². The molecule has 0 aliphatic heterocycles. The Hall–Kier alpha value is -1.09. The Balaban J connectivity index is 2.76. The second-order valence-electron chi connectivity index (χ2n) is 1.92. The molecule has 0 spiro atoms. The highest BCUT2D eigenvalue weighted by Gasteiger charge is 1.96. The minimum atomic E-state index is 0.416. The van der Waals surface area contributed by atoms with Crippen LogP contribution in [0, 0.1) is 0 Å². The summed E-state index contributed by atoms with van der Waals surface area (Å²) in [5.74, 6) is 0.416. The summed E-state index contributed by atoms with van der Waals surface area (Å²) >= 11 is 5.31. The molecule has 1 heterocycles. The van der Waals surface area contributed by atoms with Gasteiger partial charge < -0.3 is 4.57 Å². The predicted molar refractivity (Wildman–Crippen MR) is 42.6 cm³/mol. The van der Waals surface area contributed by atoms with Gasteiger partial charge in [0.15, 0.2) is 12.1 Å². The minimum Gasteiger partial charge on any atom is -0.325 e. The van der Waals surface area contributed by atoms with E-state index in [1.165, 1.54) is 5.54 Å². The molecule has 0 fully saturated rings. The van der Waals surface area contributed by atoms with Crippen LogP contribution < -0.4 is 0 Å². The van der Waals surface area contributed by atoms with Crippen LogP contribution in [0.2, 0.25) is 0 Å². The van der Waals surface area contributed by atoms with E-state index in [9.17, 15) is 4.79 Å². The van der Waals surface area contributed by atoms with Gasteiger partial charge in [0.25, 0.3) is 0 Å². The molecule has 0 saturated heterocycles. The highest BCUT2D eigenvalue weighted by molar-refractivity contribution is 6.25.